The number of pyridine rings is 1. The molecule has 0 aliphatic rings. The van der Waals surface area contributed by atoms with Crippen molar-refractivity contribution in [2.45, 2.75) is 0 Å². The molecule has 0 saturated heterocycles. The zero-order chi connectivity index (χ0) is 18.3. The summed E-state index contributed by atoms with van der Waals surface area (Å²) in [5, 5.41) is 1.68. The van der Waals surface area contributed by atoms with Gasteiger partial charge in [-0.25, -0.2) is 4.39 Å². The van der Waals surface area contributed by atoms with Crippen LogP contribution in [0, 0.1) is 5.82 Å². The number of benzene rings is 2. The normalized spacial score (nSPS) is 11.0. The minimum atomic E-state index is -0.585. The van der Waals surface area contributed by atoms with Gasteiger partial charge in [0.1, 0.15) is 5.82 Å². The molecule has 0 N–H and O–H groups in total. The Labute approximate surface area is 173 Å². The predicted molar refractivity (Wildman–Crippen MR) is 105 cm³/mol. The Morgan fingerprint density at radius 2 is 1.08 bits per heavy atom. The maximum absolute atomic E-state index is 14.7. The molecule has 0 amide bonds. The van der Waals surface area contributed by atoms with E-state index in [-0.39, 0.29) is 31.3 Å². The number of aromatic nitrogens is 1. The minimum Gasteiger partial charge on any atom is -0.255 e. The van der Waals surface area contributed by atoms with E-state index >= 15 is 0 Å². The van der Waals surface area contributed by atoms with Gasteiger partial charge in [0.2, 0.25) is 0 Å². The van der Waals surface area contributed by atoms with Crippen LogP contribution in [0.5, 0.6) is 0 Å². The molecule has 0 fully saturated rings. The van der Waals surface area contributed by atoms with Gasteiger partial charge in [0.15, 0.2) is 0 Å². The van der Waals surface area contributed by atoms with Crippen LogP contribution in [0.25, 0.3) is 22.4 Å². The molecule has 3 aromatic rings. The van der Waals surface area contributed by atoms with Gasteiger partial charge in [-0.2, -0.15) is 0 Å². The maximum Gasteiger partial charge on any atom is 0.134 e. The third kappa shape index (κ3) is 3.85. The van der Waals surface area contributed by atoms with Crippen molar-refractivity contribution in [2.75, 3.05) is 0 Å². The van der Waals surface area contributed by atoms with Gasteiger partial charge in [0, 0.05) is 39.0 Å². The van der Waals surface area contributed by atoms with Crippen LogP contribution < -0.4 is 0 Å². The SMILES string of the molecule is Fc1cc(-c2c(Cl)cc(Cl)cc2Cl)ncc1-c1c(Cl)cc(Cl)cc1Cl. The highest BCUT2D eigenvalue weighted by Crippen LogP contribution is 2.41. The highest BCUT2D eigenvalue weighted by molar-refractivity contribution is 6.42. The van der Waals surface area contributed by atoms with Crippen LogP contribution in [0.2, 0.25) is 30.1 Å². The Hall–Kier alpha value is -0.740. The molecule has 0 radical (unpaired) electrons. The average molecular weight is 456 g/mol. The summed E-state index contributed by atoms with van der Waals surface area (Å²) in [5.41, 5.74) is 1.08. The molecule has 0 saturated carbocycles. The second-order valence-corrected chi connectivity index (χ2v) is 7.54. The third-order valence-corrected chi connectivity index (χ3v) is 5.02. The second kappa shape index (κ2) is 7.48. The Balaban J connectivity index is 2.15. The first-order valence-electron chi connectivity index (χ1n) is 6.73. The van der Waals surface area contributed by atoms with E-state index in [9.17, 15) is 4.39 Å². The molecule has 0 aliphatic heterocycles. The molecule has 0 bridgehead atoms. The van der Waals surface area contributed by atoms with Crippen molar-refractivity contribution >= 4 is 69.6 Å². The quantitative estimate of drug-likeness (QED) is 0.377. The van der Waals surface area contributed by atoms with Gasteiger partial charge in [-0.15, -0.1) is 0 Å². The van der Waals surface area contributed by atoms with Crippen LogP contribution in [-0.4, -0.2) is 4.98 Å². The van der Waals surface area contributed by atoms with E-state index in [1.807, 2.05) is 0 Å². The van der Waals surface area contributed by atoms with Gasteiger partial charge < -0.3 is 0 Å². The van der Waals surface area contributed by atoms with Crippen LogP contribution in [0.3, 0.4) is 0 Å². The fourth-order valence-electron chi connectivity index (χ4n) is 2.34. The van der Waals surface area contributed by atoms with Crippen molar-refractivity contribution in [1.29, 1.82) is 0 Å². The number of hydrogen-bond acceptors (Lipinski definition) is 1. The molecule has 0 unspecified atom stereocenters. The number of halogens is 7. The van der Waals surface area contributed by atoms with Crippen LogP contribution in [0.15, 0.2) is 36.5 Å². The highest BCUT2D eigenvalue weighted by Gasteiger charge is 2.18. The van der Waals surface area contributed by atoms with Gasteiger partial charge in [0.25, 0.3) is 0 Å². The molecule has 3 rings (SSSR count). The predicted octanol–water partition coefficient (Wildman–Crippen LogP) is 8.48. The first-order valence-corrected chi connectivity index (χ1v) is 9.00. The Bertz CT molecular complexity index is 943. The van der Waals surface area contributed by atoms with Crippen LogP contribution in [0.1, 0.15) is 0 Å². The molecule has 1 heterocycles. The van der Waals surface area contributed by atoms with E-state index in [0.29, 0.717) is 21.2 Å². The van der Waals surface area contributed by atoms with Crippen molar-refractivity contribution < 1.29 is 4.39 Å². The van der Waals surface area contributed by atoms with Gasteiger partial charge >= 0.3 is 0 Å². The summed E-state index contributed by atoms with van der Waals surface area (Å²) in [7, 11) is 0. The lowest BCUT2D eigenvalue weighted by Crippen LogP contribution is -1.93. The molecular weight excluding hydrogens is 450 g/mol. The first-order chi connectivity index (χ1) is 11.8. The van der Waals surface area contributed by atoms with E-state index in [2.05, 4.69) is 4.98 Å². The Morgan fingerprint density at radius 3 is 1.52 bits per heavy atom. The van der Waals surface area contributed by atoms with Crippen molar-refractivity contribution in [3.8, 4) is 22.4 Å². The van der Waals surface area contributed by atoms with Crippen molar-refractivity contribution in [1.82, 2.24) is 4.98 Å². The Kier molecular flexibility index (Phi) is 5.69. The van der Waals surface area contributed by atoms with E-state index in [1.54, 1.807) is 0 Å². The topological polar surface area (TPSA) is 12.9 Å². The van der Waals surface area contributed by atoms with E-state index in [1.165, 1.54) is 36.5 Å². The molecular formula is C17H6Cl6FN. The first kappa shape index (κ1) is 19.0. The monoisotopic (exact) mass is 453 g/mol. The molecule has 0 spiro atoms. The molecule has 8 heteroatoms. The van der Waals surface area contributed by atoms with Gasteiger partial charge in [-0.05, 0) is 24.3 Å². The van der Waals surface area contributed by atoms with Crippen LogP contribution >= 0.6 is 69.6 Å². The number of rotatable bonds is 2. The summed E-state index contributed by atoms with van der Waals surface area (Å²) >= 11 is 36.4. The van der Waals surface area contributed by atoms with Gasteiger partial charge in [-0.3, -0.25) is 4.98 Å². The summed E-state index contributed by atoms with van der Waals surface area (Å²) in [5.74, 6) is -0.585. The van der Waals surface area contributed by atoms with E-state index in [0.717, 1.165) is 0 Å². The molecule has 1 aromatic heterocycles. The Morgan fingerprint density at radius 1 is 0.640 bits per heavy atom. The molecule has 2 aromatic carbocycles. The summed E-state index contributed by atoms with van der Waals surface area (Å²) in [6.07, 6.45) is 1.31. The second-order valence-electron chi connectivity index (χ2n) is 5.04. The third-order valence-electron chi connectivity index (χ3n) is 3.39. The fourth-order valence-corrected chi connectivity index (χ4v) is 4.37. The maximum atomic E-state index is 14.7. The largest absolute Gasteiger partial charge is 0.255 e. The highest BCUT2D eigenvalue weighted by atomic mass is 35.5. The number of nitrogens with zero attached hydrogens (tertiary/aromatic N) is 1. The van der Waals surface area contributed by atoms with Crippen molar-refractivity contribution in [3.05, 3.63) is 72.5 Å². The van der Waals surface area contributed by atoms with Crippen LogP contribution in [0.4, 0.5) is 4.39 Å². The average Bonchev–Trinajstić information content (AvgIpc) is 2.47. The lowest BCUT2D eigenvalue weighted by Gasteiger charge is -2.12. The standard InChI is InChI=1S/C17H6Cl6FN/c18-7-1-10(20)16(11(21)2-7)9-6-25-15(5-14(9)24)17-12(22)3-8(19)4-13(17)23/h1-6H. The van der Waals surface area contributed by atoms with Gasteiger partial charge in [0.05, 0.1) is 25.8 Å². The van der Waals surface area contributed by atoms with Gasteiger partial charge in [-0.1, -0.05) is 69.6 Å². The molecule has 0 aliphatic carbocycles. The zero-order valence-electron chi connectivity index (χ0n) is 12.1. The lowest BCUT2D eigenvalue weighted by molar-refractivity contribution is 0.630. The van der Waals surface area contributed by atoms with Crippen LogP contribution in [-0.2, 0) is 0 Å². The number of hydrogen-bond donors (Lipinski definition) is 0. The summed E-state index contributed by atoms with van der Waals surface area (Å²) in [4.78, 5) is 4.24. The molecule has 0 atom stereocenters. The zero-order valence-corrected chi connectivity index (χ0v) is 16.6. The molecule has 128 valence electrons. The molecule has 1 nitrogen and oxygen atoms in total. The van der Waals surface area contributed by atoms with E-state index < -0.39 is 5.82 Å². The lowest BCUT2D eigenvalue weighted by atomic mass is 10.0. The smallest absolute Gasteiger partial charge is 0.134 e. The fraction of sp³-hybridized carbons (Fsp3) is 0. The van der Waals surface area contributed by atoms with Crippen molar-refractivity contribution in [3.63, 3.8) is 0 Å². The van der Waals surface area contributed by atoms with Crippen molar-refractivity contribution in [2.24, 2.45) is 0 Å². The molecule has 25 heavy (non-hydrogen) atoms. The summed E-state index contributed by atoms with van der Waals surface area (Å²) in [6.45, 7) is 0. The minimum absolute atomic E-state index is 0.136. The summed E-state index contributed by atoms with van der Waals surface area (Å²) < 4.78 is 14.7. The summed E-state index contributed by atoms with van der Waals surface area (Å²) in [6, 6.07) is 7.17. The van der Waals surface area contributed by atoms with E-state index in [4.69, 9.17) is 69.6 Å².